The zero-order valence-corrected chi connectivity index (χ0v) is 9.06. The first kappa shape index (κ1) is 10.5. The van der Waals surface area contributed by atoms with Crippen molar-refractivity contribution in [3.63, 3.8) is 0 Å². The van der Waals surface area contributed by atoms with Crippen LogP contribution in [0.1, 0.15) is 18.5 Å². The van der Waals surface area contributed by atoms with E-state index in [1.807, 2.05) is 0 Å². The Balaban J connectivity index is 3.30. The lowest BCUT2D eigenvalue weighted by molar-refractivity contribution is 0.400. The molecule has 4 heteroatoms. The molecule has 1 atom stereocenters. The van der Waals surface area contributed by atoms with Crippen LogP contribution < -0.4 is 10.5 Å². The van der Waals surface area contributed by atoms with E-state index in [1.54, 1.807) is 13.0 Å². The van der Waals surface area contributed by atoms with E-state index in [-0.39, 0.29) is 11.9 Å². The lowest BCUT2D eigenvalue weighted by Crippen LogP contribution is -2.09. The van der Waals surface area contributed by atoms with Gasteiger partial charge in [-0.05, 0) is 19.1 Å². The highest BCUT2D eigenvalue weighted by Gasteiger charge is 2.14. The van der Waals surface area contributed by atoms with Gasteiger partial charge in [-0.15, -0.1) is 0 Å². The van der Waals surface area contributed by atoms with Crippen LogP contribution in [0.5, 0.6) is 5.75 Å². The minimum absolute atomic E-state index is 0.346. The Morgan fingerprint density at radius 2 is 2.15 bits per heavy atom. The van der Waals surface area contributed by atoms with Gasteiger partial charge in [-0.25, -0.2) is 4.39 Å². The molecule has 1 aromatic rings. The Hall–Kier alpha value is -0.610. The zero-order chi connectivity index (χ0) is 10.0. The van der Waals surface area contributed by atoms with Crippen LogP contribution in [0, 0.1) is 5.82 Å². The first-order valence-electron chi connectivity index (χ1n) is 3.84. The summed E-state index contributed by atoms with van der Waals surface area (Å²) >= 11 is 3.18. The smallest absolute Gasteiger partial charge is 0.132 e. The highest BCUT2D eigenvalue weighted by atomic mass is 79.9. The molecule has 0 amide bonds. The maximum Gasteiger partial charge on any atom is 0.132 e. The summed E-state index contributed by atoms with van der Waals surface area (Å²) in [5, 5.41) is 0. The minimum Gasteiger partial charge on any atom is -0.496 e. The van der Waals surface area contributed by atoms with E-state index in [4.69, 9.17) is 10.5 Å². The maximum atomic E-state index is 13.4. The number of halogens is 2. The SMILES string of the molecule is COc1cc(Br)cc(F)c1[C@H](C)N. The molecule has 2 nitrogen and oxygen atoms in total. The van der Waals surface area contributed by atoms with E-state index < -0.39 is 0 Å². The second-order valence-electron chi connectivity index (χ2n) is 2.79. The molecule has 72 valence electrons. The van der Waals surface area contributed by atoms with E-state index >= 15 is 0 Å². The number of rotatable bonds is 2. The van der Waals surface area contributed by atoms with Crippen LogP contribution in [0.4, 0.5) is 4.39 Å². The summed E-state index contributed by atoms with van der Waals surface area (Å²) in [7, 11) is 1.49. The van der Waals surface area contributed by atoms with Crippen molar-refractivity contribution in [3.05, 3.63) is 28.0 Å². The summed E-state index contributed by atoms with van der Waals surface area (Å²) in [5.74, 6) is 0.128. The Kier molecular flexibility index (Phi) is 3.27. The normalized spacial score (nSPS) is 12.7. The molecule has 0 saturated carbocycles. The molecule has 0 heterocycles. The van der Waals surface area contributed by atoms with E-state index in [9.17, 15) is 4.39 Å². The number of benzene rings is 1. The molecule has 0 aliphatic heterocycles. The quantitative estimate of drug-likeness (QED) is 0.873. The minimum atomic E-state index is -0.372. The van der Waals surface area contributed by atoms with Crippen LogP contribution in [-0.2, 0) is 0 Å². The second kappa shape index (κ2) is 4.07. The molecule has 0 saturated heterocycles. The van der Waals surface area contributed by atoms with Gasteiger partial charge in [0.1, 0.15) is 11.6 Å². The topological polar surface area (TPSA) is 35.2 Å². The molecule has 0 aliphatic rings. The average molecular weight is 248 g/mol. The molecule has 0 unspecified atom stereocenters. The number of methoxy groups -OCH3 is 1. The van der Waals surface area contributed by atoms with E-state index in [1.165, 1.54) is 13.2 Å². The van der Waals surface area contributed by atoms with Crippen LogP contribution in [0.15, 0.2) is 16.6 Å². The van der Waals surface area contributed by atoms with Crippen LogP contribution in [-0.4, -0.2) is 7.11 Å². The average Bonchev–Trinajstić information content (AvgIpc) is 2.01. The second-order valence-corrected chi connectivity index (χ2v) is 3.71. The molecule has 0 bridgehead atoms. The van der Waals surface area contributed by atoms with Crippen molar-refractivity contribution in [1.82, 2.24) is 0 Å². The molecule has 0 spiro atoms. The standard InChI is InChI=1S/C9H11BrFNO/c1-5(12)9-7(11)3-6(10)4-8(9)13-2/h3-5H,12H2,1-2H3/t5-/m0/s1. The summed E-state index contributed by atoms with van der Waals surface area (Å²) < 4.78 is 19.0. The lowest BCUT2D eigenvalue weighted by Gasteiger charge is -2.12. The fourth-order valence-corrected chi connectivity index (χ4v) is 1.58. The van der Waals surface area contributed by atoms with Gasteiger partial charge in [0, 0.05) is 16.1 Å². The van der Waals surface area contributed by atoms with Crippen molar-refractivity contribution in [2.75, 3.05) is 7.11 Å². The van der Waals surface area contributed by atoms with Crippen molar-refractivity contribution in [3.8, 4) is 5.75 Å². The summed E-state index contributed by atoms with van der Waals surface area (Å²) in [6.45, 7) is 1.72. The van der Waals surface area contributed by atoms with Crippen LogP contribution in [0.3, 0.4) is 0 Å². The predicted octanol–water partition coefficient (Wildman–Crippen LogP) is 2.62. The van der Waals surface area contributed by atoms with Crippen molar-refractivity contribution < 1.29 is 9.13 Å². The van der Waals surface area contributed by atoms with Gasteiger partial charge >= 0.3 is 0 Å². The number of hydrogen-bond donors (Lipinski definition) is 1. The van der Waals surface area contributed by atoms with Gasteiger partial charge in [0.25, 0.3) is 0 Å². The van der Waals surface area contributed by atoms with Gasteiger partial charge in [0.2, 0.25) is 0 Å². The molecular weight excluding hydrogens is 237 g/mol. The maximum absolute atomic E-state index is 13.4. The number of hydrogen-bond acceptors (Lipinski definition) is 2. The molecule has 1 aromatic carbocycles. The molecule has 0 radical (unpaired) electrons. The van der Waals surface area contributed by atoms with E-state index in [0.717, 1.165) is 0 Å². The molecule has 2 N–H and O–H groups in total. The first-order chi connectivity index (χ1) is 6.06. The Morgan fingerprint density at radius 3 is 2.62 bits per heavy atom. The zero-order valence-electron chi connectivity index (χ0n) is 7.47. The van der Waals surface area contributed by atoms with Gasteiger partial charge < -0.3 is 10.5 Å². The summed E-state index contributed by atoms with van der Waals surface area (Å²) in [5.41, 5.74) is 6.01. The third-order valence-corrected chi connectivity index (χ3v) is 2.19. The van der Waals surface area contributed by atoms with Gasteiger partial charge in [-0.1, -0.05) is 15.9 Å². The molecule has 0 aromatic heterocycles. The van der Waals surface area contributed by atoms with E-state index in [2.05, 4.69) is 15.9 Å². The first-order valence-corrected chi connectivity index (χ1v) is 4.64. The Morgan fingerprint density at radius 1 is 1.54 bits per heavy atom. The fraction of sp³-hybridized carbons (Fsp3) is 0.333. The summed E-state index contributed by atoms with van der Waals surface area (Å²) in [6.07, 6.45) is 0. The largest absolute Gasteiger partial charge is 0.496 e. The van der Waals surface area contributed by atoms with Gasteiger partial charge in [-0.3, -0.25) is 0 Å². The third-order valence-electron chi connectivity index (χ3n) is 1.73. The van der Waals surface area contributed by atoms with Crippen LogP contribution in [0.2, 0.25) is 0 Å². The molecule has 0 aliphatic carbocycles. The molecule has 0 fully saturated rings. The predicted molar refractivity (Wildman–Crippen MR) is 53.3 cm³/mol. The van der Waals surface area contributed by atoms with Crippen LogP contribution >= 0.6 is 15.9 Å². The van der Waals surface area contributed by atoms with Gasteiger partial charge in [0.15, 0.2) is 0 Å². The third kappa shape index (κ3) is 2.19. The van der Waals surface area contributed by atoms with Crippen molar-refractivity contribution >= 4 is 15.9 Å². The van der Waals surface area contributed by atoms with Crippen molar-refractivity contribution in [2.24, 2.45) is 5.73 Å². The number of ether oxygens (including phenoxy) is 1. The molecule has 13 heavy (non-hydrogen) atoms. The van der Waals surface area contributed by atoms with Gasteiger partial charge in [0.05, 0.1) is 7.11 Å². The van der Waals surface area contributed by atoms with Crippen molar-refractivity contribution in [1.29, 1.82) is 0 Å². The molecular formula is C9H11BrFNO. The molecule has 1 rings (SSSR count). The van der Waals surface area contributed by atoms with E-state index in [0.29, 0.717) is 15.8 Å². The summed E-state index contributed by atoms with van der Waals surface area (Å²) in [6, 6.07) is 2.70. The number of nitrogens with two attached hydrogens (primary N) is 1. The highest BCUT2D eigenvalue weighted by Crippen LogP contribution is 2.30. The van der Waals surface area contributed by atoms with Crippen molar-refractivity contribution in [2.45, 2.75) is 13.0 Å². The highest BCUT2D eigenvalue weighted by molar-refractivity contribution is 9.10. The Bertz CT molecular complexity index is 315. The fourth-order valence-electron chi connectivity index (χ4n) is 1.17. The Labute approximate surface area is 85.0 Å². The van der Waals surface area contributed by atoms with Gasteiger partial charge in [-0.2, -0.15) is 0 Å². The lowest BCUT2D eigenvalue weighted by atomic mass is 10.1. The van der Waals surface area contributed by atoms with Crippen LogP contribution in [0.25, 0.3) is 0 Å². The monoisotopic (exact) mass is 247 g/mol. The summed E-state index contributed by atoms with van der Waals surface area (Å²) in [4.78, 5) is 0.